The molecule has 0 radical (unpaired) electrons. The van der Waals surface area contributed by atoms with E-state index in [1.54, 1.807) is 0 Å². The van der Waals surface area contributed by atoms with E-state index in [4.69, 9.17) is 11.5 Å². The van der Waals surface area contributed by atoms with E-state index in [1.807, 2.05) is 0 Å². The Morgan fingerprint density at radius 3 is 2.00 bits per heavy atom. The van der Waals surface area contributed by atoms with Crippen LogP contribution in [-0.2, 0) is 19.2 Å². The number of Topliss-reactive ketones (excluding diaryl/α,β-unsaturated/α-hetero) is 2. The Hall–Kier alpha value is -1.84. The standard InChI is InChI=1S/C14H25N3O6/c1-8(18)14(23,7-11(20)21)13(17(2,3)4)12(22)9(15)5-6-10(16)19/h9,13,23H,5-7,15H2,1-4H3,(H2-,16,19,20,21)/t9-,13?,14?/m0/s1. The number of ketones is 2. The number of nitrogens with two attached hydrogens (primary N) is 2. The number of aliphatic hydroxyl groups is 1. The number of hydrogen-bond donors (Lipinski definition) is 3. The summed E-state index contributed by atoms with van der Waals surface area (Å²) in [5.74, 6) is -3.92. The average molecular weight is 331 g/mol. The number of carbonyl (C=O) groups is 4. The normalized spacial score (nSPS) is 17.0. The van der Waals surface area contributed by atoms with Crippen LogP contribution in [0.2, 0.25) is 0 Å². The van der Waals surface area contributed by atoms with Crippen LogP contribution in [0.25, 0.3) is 0 Å². The number of amides is 1. The number of likely N-dealkylation sites (N-methyl/N-ethyl adjacent to an activating group) is 1. The molecule has 0 aliphatic heterocycles. The number of primary amides is 1. The molecule has 2 unspecified atom stereocenters. The molecular weight excluding hydrogens is 306 g/mol. The molecule has 0 aromatic heterocycles. The maximum Gasteiger partial charge on any atom is 0.217 e. The Kier molecular flexibility index (Phi) is 7.01. The number of hydrogen-bond acceptors (Lipinski definition) is 7. The van der Waals surface area contributed by atoms with Gasteiger partial charge in [0.2, 0.25) is 11.7 Å². The third kappa shape index (κ3) is 5.70. The van der Waals surface area contributed by atoms with E-state index in [1.165, 1.54) is 21.1 Å². The van der Waals surface area contributed by atoms with Crippen molar-refractivity contribution in [3.05, 3.63) is 0 Å². The van der Waals surface area contributed by atoms with Crippen LogP contribution in [0.4, 0.5) is 0 Å². The summed E-state index contributed by atoms with van der Waals surface area (Å²) in [6.45, 7) is 0.994. The molecule has 3 atom stereocenters. The van der Waals surface area contributed by atoms with Gasteiger partial charge in [-0.1, -0.05) is 0 Å². The summed E-state index contributed by atoms with van der Waals surface area (Å²) in [4.78, 5) is 46.2. The fourth-order valence-corrected chi connectivity index (χ4v) is 2.53. The Balaban J connectivity index is 5.75. The minimum Gasteiger partial charge on any atom is -0.550 e. The molecule has 23 heavy (non-hydrogen) atoms. The van der Waals surface area contributed by atoms with Crippen LogP contribution in [0.5, 0.6) is 0 Å². The molecule has 0 spiro atoms. The number of aliphatic carboxylic acids is 1. The molecule has 132 valence electrons. The zero-order valence-corrected chi connectivity index (χ0v) is 13.9. The number of carboxylic acids is 1. The van der Waals surface area contributed by atoms with Gasteiger partial charge < -0.3 is 31.0 Å². The van der Waals surface area contributed by atoms with Crippen LogP contribution >= 0.6 is 0 Å². The van der Waals surface area contributed by atoms with Crippen molar-refractivity contribution in [1.29, 1.82) is 0 Å². The van der Waals surface area contributed by atoms with Crippen molar-refractivity contribution >= 4 is 23.4 Å². The predicted octanol–water partition coefficient (Wildman–Crippen LogP) is -3.32. The Labute approximate surface area is 134 Å². The van der Waals surface area contributed by atoms with Gasteiger partial charge in [0, 0.05) is 18.8 Å². The van der Waals surface area contributed by atoms with Gasteiger partial charge in [0.1, 0.15) is 0 Å². The highest BCUT2D eigenvalue weighted by molar-refractivity contribution is 5.99. The molecule has 0 bridgehead atoms. The van der Waals surface area contributed by atoms with E-state index in [-0.39, 0.29) is 17.3 Å². The van der Waals surface area contributed by atoms with Gasteiger partial charge in [-0.25, -0.2) is 0 Å². The van der Waals surface area contributed by atoms with Crippen molar-refractivity contribution in [2.24, 2.45) is 11.5 Å². The second-order valence-corrected chi connectivity index (χ2v) is 6.56. The lowest BCUT2D eigenvalue weighted by atomic mass is 9.80. The average Bonchev–Trinajstić information content (AvgIpc) is 2.32. The second kappa shape index (κ2) is 7.62. The molecule has 0 aromatic rings. The maximum absolute atomic E-state index is 12.6. The molecule has 5 N–H and O–H groups in total. The molecular formula is C14H25N3O6. The van der Waals surface area contributed by atoms with Gasteiger partial charge in [0.15, 0.2) is 17.4 Å². The van der Waals surface area contributed by atoms with Gasteiger partial charge >= 0.3 is 0 Å². The van der Waals surface area contributed by atoms with Crippen LogP contribution in [-0.4, -0.2) is 71.9 Å². The topological polar surface area (TPSA) is 164 Å². The number of carbonyl (C=O) groups excluding carboxylic acids is 4. The number of carboxylic acid groups (broad SMARTS) is 1. The summed E-state index contributed by atoms with van der Waals surface area (Å²) in [5.41, 5.74) is 8.28. The minimum absolute atomic E-state index is 0.0655. The van der Waals surface area contributed by atoms with Crippen molar-refractivity contribution in [3.8, 4) is 0 Å². The zero-order chi connectivity index (χ0) is 18.6. The van der Waals surface area contributed by atoms with Crippen LogP contribution in [0.3, 0.4) is 0 Å². The molecule has 0 aromatic carbocycles. The summed E-state index contributed by atoms with van der Waals surface area (Å²) < 4.78 is -0.230. The number of rotatable bonds is 10. The Bertz CT molecular complexity index is 499. The van der Waals surface area contributed by atoms with Crippen LogP contribution in [0.15, 0.2) is 0 Å². The minimum atomic E-state index is -2.46. The molecule has 0 saturated carbocycles. The monoisotopic (exact) mass is 331 g/mol. The summed E-state index contributed by atoms with van der Waals surface area (Å²) in [6.07, 6.45) is -1.24. The fraction of sp³-hybridized carbons (Fsp3) is 0.714. The quantitative estimate of drug-likeness (QED) is 0.352. The summed E-state index contributed by atoms with van der Waals surface area (Å²) in [6, 6.07) is -2.60. The summed E-state index contributed by atoms with van der Waals surface area (Å²) >= 11 is 0. The molecule has 9 nitrogen and oxygen atoms in total. The van der Waals surface area contributed by atoms with Crippen molar-refractivity contribution in [3.63, 3.8) is 0 Å². The smallest absolute Gasteiger partial charge is 0.217 e. The van der Waals surface area contributed by atoms with Crippen molar-refractivity contribution in [1.82, 2.24) is 0 Å². The highest BCUT2D eigenvalue weighted by atomic mass is 16.4. The Morgan fingerprint density at radius 2 is 1.70 bits per heavy atom. The molecule has 9 heteroatoms. The van der Waals surface area contributed by atoms with Gasteiger partial charge in [-0.05, 0) is 13.3 Å². The van der Waals surface area contributed by atoms with Crippen molar-refractivity contribution in [2.75, 3.05) is 21.1 Å². The van der Waals surface area contributed by atoms with E-state index >= 15 is 0 Å². The first kappa shape index (κ1) is 21.2. The van der Waals surface area contributed by atoms with E-state index in [0.717, 1.165) is 6.92 Å². The molecule has 0 aliphatic carbocycles. The Morgan fingerprint density at radius 1 is 1.22 bits per heavy atom. The van der Waals surface area contributed by atoms with Gasteiger partial charge in [-0.2, -0.15) is 0 Å². The van der Waals surface area contributed by atoms with E-state index in [2.05, 4.69) is 0 Å². The number of quaternary nitrogens is 1. The van der Waals surface area contributed by atoms with Crippen LogP contribution < -0.4 is 16.6 Å². The van der Waals surface area contributed by atoms with Crippen molar-refractivity contribution in [2.45, 2.75) is 43.9 Å². The maximum atomic E-state index is 12.6. The van der Waals surface area contributed by atoms with Crippen LogP contribution in [0, 0.1) is 0 Å². The van der Waals surface area contributed by atoms with Gasteiger partial charge in [-0.15, -0.1) is 0 Å². The lowest BCUT2D eigenvalue weighted by molar-refractivity contribution is -0.892. The van der Waals surface area contributed by atoms with Crippen molar-refractivity contribution < 1.29 is 33.9 Å². The molecule has 0 saturated heterocycles. The molecule has 0 aliphatic rings. The zero-order valence-electron chi connectivity index (χ0n) is 13.9. The lowest BCUT2D eigenvalue weighted by Crippen LogP contribution is -2.68. The highest BCUT2D eigenvalue weighted by Gasteiger charge is 2.54. The first-order valence-electron chi connectivity index (χ1n) is 7.05. The highest BCUT2D eigenvalue weighted by Crippen LogP contribution is 2.26. The third-order valence-corrected chi connectivity index (χ3v) is 3.59. The first-order valence-corrected chi connectivity index (χ1v) is 7.05. The predicted molar refractivity (Wildman–Crippen MR) is 78.5 cm³/mol. The van der Waals surface area contributed by atoms with E-state index in [0.29, 0.717) is 0 Å². The lowest BCUT2D eigenvalue weighted by Gasteiger charge is -2.43. The van der Waals surface area contributed by atoms with Gasteiger partial charge in [-0.3, -0.25) is 14.4 Å². The first-order chi connectivity index (χ1) is 10.2. The van der Waals surface area contributed by atoms with Gasteiger partial charge in [0.05, 0.1) is 27.2 Å². The molecule has 1 amide bonds. The van der Waals surface area contributed by atoms with E-state index < -0.39 is 47.5 Å². The SMILES string of the molecule is CC(=O)C(O)(CC(=O)[O-])C(C(=O)[C@@H](N)CCC(N)=O)[N+](C)(C)C. The molecule has 0 rings (SSSR count). The summed E-state index contributed by atoms with van der Waals surface area (Å²) in [7, 11) is 4.56. The summed E-state index contributed by atoms with van der Waals surface area (Å²) in [5, 5.41) is 21.5. The van der Waals surface area contributed by atoms with Gasteiger partial charge in [0.25, 0.3) is 0 Å². The second-order valence-electron chi connectivity index (χ2n) is 6.56. The number of nitrogens with zero attached hydrogens (tertiary/aromatic N) is 1. The molecule has 0 heterocycles. The molecule has 0 fully saturated rings. The van der Waals surface area contributed by atoms with E-state index in [9.17, 15) is 29.4 Å². The van der Waals surface area contributed by atoms with Crippen LogP contribution in [0.1, 0.15) is 26.2 Å². The largest absolute Gasteiger partial charge is 0.550 e. The fourth-order valence-electron chi connectivity index (χ4n) is 2.53. The third-order valence-electron chi connectivity index (χ3n) is 3.59.